The van der Waals surface area contributed by atoms with Gasteiger partial charge in [0.05, 0.1) is 15.7 Å². The van der Waals surface area contributed by atoms with Gasteiger partial charge in [-0.3, -0.25) is 0 Å². The van der Waals surface area contributed by atoms with Crippen molar-refractivity contribution in [3.63, 3.8) is 0 Å². The van der Waals surface area contributed by atoms with Crippen LogP contribution in [-0.2, 0) is 0 Å². The van der Waals surface area contributed by atoms with Gasteiger partial charge in [-0.05, 0) is 46.8 Å². The molecule has 0 spiro atoms. The minimum atomic E-state index is -0.173. The van der Waals surface area contributed by atoms with Crippen LogP contribution in [0.5, 0.6) is 0 Å². The molecule has 0 aromatic heterocycles. The van der Waals surface area contributed by atoms with Crippen molar-refractivity contribution in [1.82, 2.24) is 0 Å². The number of hydrogen-bond acceptors (Lipinski definition) is 1. The number of hydrogen-bond donors (Lipinski definition) is 0. The maximum absolute atomic E-state index is 6.52. The van der Waals surface area contributed by atoms with Gasteiger partial charge in [-0.15, -0.1) is 0 Å². The van der Waals surface area contributed by atoms with Gasteiger partial charge in [-0.25, -0.2) is 0 Å². The van der Waals surface area contributed by atoms with Crippen molar-refractivity contribution in [3.05, 3.63) is 0 Å². The minimum absolute atomic E-state index is 0.173. The SMILES string of the molecule is [B]C(CC)(CC(C)C)SC([B])(CC)CC(C)C. The first-order valence-electron chi connectivity index (χ1n) is 6.94. The molecule has 0 fully saturated rings. The van der Waals surface area contributed by atoms with Crippen molar-refractivity contribution in [2.75, 3.05) is 0 Å². The Bertz CT molecular complexity index is 196. The van der Waals surface area contributed by atoms with Crippen molar-refractivity contribution < 1.29 is 0 Å². The van der Waals surface area contributed by atoms with Gasteiger partial charge in [-0.1, -0.05) is 41.5 Å². The van der Waals surface area contributed by atoms with Crippen LogP contribution in [0, 0.1) is 11.8 Å². The number of rotatable bonds is 8. The Morgan fingerprint density at radius 2 is 1.12 bits per heavy atom. The molecule has 0 aliphatic heterocycles. The summed E-state index contributed by atoms with van der Waals surface area (Å²) >= 11 is 1.81. The first-order valence-corrected chi connectivity index (χ1v) is 7.76. The van der Waals surface area contributed by atoms with Crippen molar-refractivity contribution in [1.29, 1.82) is 0 Å². The van der Waals surface area contributed by atoms with E-state index in [0.717, 1.165) is 25.7 Å². The van der Waals surface area contributed by atoms with Crippen LogP contribution in [0.15, 0.2) is 0 Å². The summed E-state index contributed by atoms with van der Waals surface area (Å²) < 4.78 is -0.346. The lowest BCUT2D eigenvalue weighted by molar-refractivity contribution is 0.506. The Kier molecular flexibility index (Phi) is 7.37. The van der Waals surface area contributed by atoms with Gasteiger partial charge in [0.1, 0.15) is 0 Å². The molecular weight excluding hydrogens is 222 g/mol. The summed E-state index contributed by atoms with van der Waals surface area (Å²) in [6.07, 6.45) is 4.02. The normalized spacial score (nSPS) is 19.3. The Labute approximate surface area is 116 Å². The molecule has 0 aliphatic rings. The minimum Gasteiger partial charge on any atom is -0.168 e. The van der Waals surface area contributed by atoms with Crippen LogP contribution in [-0.4, -0.2) is 25.0 Å². The zero-order chi connectivity index (χ0) is 13.7. The fourth-order valence-corrected chi connectivity index (χ4v) is 4.23. The highest BCUT2D eigenvalue weighted by atomic mass is 32.2. The van der Waals surface area contributed by atoms with Crippen molar-refractivity contribution >= 4 is 27.5 Å². The highest BCUT2D eigenvalue weighted by molar-refractivity contribution is 8.04. The Balaban J connectivity index is 4.70. The molecule has 0 saturated heterocycles. The van der Waals surface area contributed by atoms with Crippen LogP contribution in [0.25, 0.3) is 0 Å². The summed E-state index contributed by atoms with van der Waals surface area (Å²) in [5.74, 6) is 1.24. The Morgan fingerprint density at radius 1 is 0.824 bits per heavy atom. The largest absolute Gasteiger partial charge is 0.168 e. The second-order valence-electron chi connectivity index (χ2n) is 6.13. The van der Waals surface area contributed by atoms with Crippen LogP contribution in [0.2, 0.25) is 0 Å². The molecule has 0 heterocycles. The second-order valence-corrected chi connectivity index (χ2v) is 7.96. The van der Waals surface area contributed by atoms with Crippen molar-refractivity contribution in [2.24, 2.45) is 11.8 Å². The summed E-state index contributed by atoms with van der Waals surface area (Å²) in [5.41, 5.74) is 0. The smallest absolute Gasteiger partial charge is 0.0893 e. The fraction of sp³-hybridized carbons (Fsp3) is 1.00. The summed E-state index contributed by atoms with van der Waals surface area (Å²) in [6, 6.07) is 0. The highest BCUT2D eigenvalue weighted by Crippen LogP contribution is 2.44. The average Bonchev–Trinajstić information content (AvgIpc) is 2.15. The molecule has 0 bridgehead atoms. The monoisotopic (exact) mass is 250 g/mol. The van der Waals surface area contributed by atoms with E-state index in [-0.39, 0.29) is 9.29 Å². The molecule has 17 heavy (non-hydrogen) atoms. The maximum atomic E-state index is 6.52. The van der Waals surface area contributed by atoms with Crippen molar-refractivity contribution in [3.8, 4) is 0 Å². The lowest BCUT2D eigenvalue weighted by Crippen LogP contribution is -2.37. The van der Waals surface area contributed by atoms with E-state index < -0.39 is 0 Å². The lowest BCUT2D eigenvalue weighted by atomic mass is 9.76. The second kappa shape index (κ2) is 7.16. The predicted octanol–water partition coefficient (Wildman–Crippen LogP) is 4.36. The van der Waals surface area contributed by atoms with Gasteiger partial charge in [-0.2, -0.15) is 11.8 Å². The molecule has 96 valence electrons. The third-order valence-corrected chi connectivity index (χ3v) is 4.83. The van der Waals surface area contributed by atoms with Gasteiger partial charge in [0, 0.05) is 0 Å². The third-order valence-electron chi connectivity index (χ3n) is 3.11. The number of thioether (sulfide) groups is 1. The third kappa shape index (κ3) is 6.84. The zero-order valence-electron chi connectivity index (χ0n) is 12.5. The molecule has 0 saturated carbocycles. The maximum Gasteiger partial charge on any atom is 0.0893 e. The van der Waals surface area contributed by atoms with E-state index in [4.69, 9.17) is 15.7 Å². The van der Waals surface area contributed by atoms with E-state index in [1.807, 2.05) is 0 Å². The standard InChI is InChI=1S/C14H28B2S/c1-7-13(15,9-11(3)4)17-14(16,8-2)10-12(5)6/h11-12H,7-10H2,1-6H3. The molecule has 0 rings (SSSR count). The van der Waals surface area contributed by atoms with Crippen LogP contribution in [0.4, 0.5) is 0 Å². The van der Waals surface area contributed by atoms with Gasteiger partial charge >= 0.3 is 0 Å². The summed E-state index contributed by atoms with van der Waals surface area (Å²) in [5, 5.41) is 0. The summed E-state index contributed by atoms with van der Waals surface area (Å²) in [7, 11) is 13.0. The molecule has 0 amide bonds. The van der Waals surface area contributed by atoms with Gasteiger partial charge in [0.2, 0.25) is 0 Å². The van der Waals surface area contributed by atoms with E-state index in [2.05, 4.69) is 41.5 Å². The molecule has 3 heteroatoms. The van der Waals surface area contributed by atoms with Crippen molar-refractivity contribution in [2.45, 2.75) is 76.5 Å². The van der Waals surface area contributed by atoms with Gasteiger partial charge in [0.25, 0.3) is 0 Å². The summed E-state index contributed by atoms with van der Waals surface area (Å²) in [6.45, 7) is 13.2. The van der Waals surface area contributed by atoms with Crippen LogP contribution < -0.4 is 0 Å². The predicted molar refractivity (Wildman–Crippen MR) is 84.1 cm³/mol. The van der Waals surface area contributed by atoms with Crippen LogP contribution in [0.1, 0.15) is 67.2 Å². The first kappa shape index (κ1) is 17.5. The van der Waals surface area contributed by atoms with E-state index in [1.54, 1.807) is 11.8 Å². The van der Waals surface area contributed by atoms with Crippen LogP contribution in [0.3, 0.4) is 0 Å². The first-order chi connectivity index (χ1) is 7.66. The Morgan fingerprint density at radius 3 is 1.29 bits per heavy atom. The average molecular weight is 250 g/mol. The molecule has 0 aromatic carbocycles. The highest BCUT2D eigenvalue weighted by Gasteiger charge is 2.33. The van der Waals surface area contributed by atoms with E-state index in [9.17, 15) is 0 Å². The summed E-state index contributed by atoms with van der Waals surface area (Å²) in [4.78, 5) is 0. The van der Waals surface area contributed by atoms with E-state index >= 15 is 0 Å². The van der Waals surface area contributed by atoms with E-state index in [0.29, 0.717) is 11.8 Å². The Hall–Kier alpha value is 0.480. The lowest BCUT2D eigenvalue weighted by Gasteiger charge is -2.41. The molecule has 0 aromatic rings. The van der Waals surface area contributed by atoms with Gasteiger partial charge in [0.15, 0.2) is 0 Å². The molecular formula is C14H28B2S. The molecule has 0 aliphatic carbocycles. The molecule has 4 radical (unpaired) electrons. The van der Waals surface area contributed by atoms with E-state index in [1.165, 1.54) is 0 Å². The van der Waals surface area contributed by atoms with Gasteiger partial charge < -0.3 is 0 Å². The fourth-order valence-electron chi connectivity index (χ4n) is 2.30. The van der Waals surface area contributed by atoms with Crippen LogP contribution >= 0.6 is 11.8 Å². The molecule has 0 nitrogen and oxygen atoms in total. The molecule has 2 unspecified atom stereocenters. The zero-order valence-corrected chi connectivity index (χ0v) is 13.4. The quantitative estimate of drug-likeness (QED) is 0.576. The molecule has 0 N–H and O–H groups in total. The molecule has 2 atom stereocenters. The topological polar surface area (TPSA) is 0 Å².